The van der Waals surface area contributed by atoms with E-state index in [1.54, 1.807) is 29.1 Å². The van der Waals surface area contributed by atoms with Gasteiger partial charge in [0, 0.05) is 24.5 Å². The molecule has 0 atom stereocenters. The zero-order valence-electron chi connectivity index (χ0n) is 14.5. The molecule has 0 radical (unpaired) electrons. The first kappa shape index (κ1) is 17.6. The second-order valence-electron chi connectivity index (χ2n) is 6.06. The fourth-order valence-corrected chi connectivity index (χ4v) is 2.73. The van der Waals surface area contributed by atoms with Gasteiger partial charge >= 0.3 is 0 Å². The van der Waals surface area contributed by atoms with E-state index in [0.717, 1.165) is 17.7 Å². The van der Waals surface area contributed by atoms with Gasteiger partial charge < -0.3 is 9.88 Å². The third kappa shape index (κ3) is 4.89. The second kappa shape index (κ2) is 8.76. The smallest absolute Gasteiger partial charge is 0.274 e. The Kier molecular flexibility index (Phi) is 5.93. The highest BCUT2D eigenvalue weighted by Crippen LogP contribution is 2.06. The number of rotatable bonds is 7. The van der Waals surface area contributed by atoms with E-state index in [1.165, 1.54) is 0 Å². The van der Waals surface area contributed by atoms with E-state index in [9.17, 15) is 9.59 Å². The summed E-state index contributed by atoms with van der Waals surface area (Å²) in [5.41, 5.74) is 2.11. The zero-order chi connectivity index (χ0) is 18.2. The van der Waals surface area contributed by atoms with E-state index < -0.39 is 0 Å². The van der Waals surface area contributed by atoms with Gasteiger partial charge in [-0.25, -0.2) is 0 Å². The molecule has 26 heavy (non-hydrogen) atoms. The van der Waals surface area contributed by atoms with Gasteiger partial charge in [-0.3, -0.25) is 14.6 Å². The van der Waals surface area contributed by atoms with Crippen molar-refractivity contribution in [3.05, 3.63) is 94.7 Å². The Morgan fingerprint density at radius 2 is 1.81 bits per heavy atom. The Bertz CT molecular complexity index is 905. The van der Waals surface area contributed by atoms with Crippen molar-refractivity contribution < 1.29 is 4.79 Å². The predicted octanol–water partition coefficient (Wildman–Crippen LogP) is 3.25. The molecular formula is C21H21N3O2. The highest BCUT2D eigenvalue weighted by Gasteiger charge is 2.08. The van der Waals surface area contributed by atoms with E-state index in [1.807, 2.05) is 48.5 Å². The third-order valence-electron chi connectivity index (χ3n) is 4.05. The molecule has 5 nitrogen and oxygen atoms in total. The van der Waals surface area contributed by atoms with Crippen molar-refractivity contribution in [3.8, 4) is 0 Å². The third-order valence-corrected chi connectivity index (χ3v) is 4.05. The van der Waals surface area contributed by atoms with Crippen LogP contribution in [0.2, 0.25) is 0 Å². The van der Waals surface area contributed by atoms with E-state index >= 15 is 0 Å². The molecule has 1 N–H and O–H groups in total. The van der Waals surface area contributed by atoms with Gasteiger partial charge in [0.15, 0.2) is 0 Å². The maximum atomic E-state index is 12.5. The van der Waals surface area contributed by atoms with Crippen molar-refractivity contribution in [1.82, 2.24) is 9.55 Å². The molecule has 0 bridgehead atoms. The van der Waals surface area contributed by atoms with Gasteiger partial charge in [0.1, 0.15) is 5.69 Å². The van der Waals surface area contributed by atoms with Gasteiger partial charge in [0.2, 0.25) is 5.91 Å². The predicted molar refractivity (Wildman–Crippen MR) is 102 cm³/mol. The Morgan fingerprint density at radius 3 is 2.58 bits per heavy atom. The lowest BCUT2D eigenvalue weighted by Crippen LogP contribution is -2.25. The highest BCUT2D eigenvalue weighted by molar-refractivity contribution is 5.90. The first-order valence-electron chi connectivity index (χ1n) is 8.65. The molecule has 0 aliphatic rings. The van der Waals surface area contributed by atoms with Crippen LogP contribution in [0.3, 0.4) is 0 Å². The number of amides is 1. The van der Waals surface area contributed by atoms with E-state index in [4.69, 9.17) is 0 Å². The zero-order valence-corrected chi connectivity index (χ0v) is 14.5. The van der Waals surface area contributed by atoms with Gasteiger partial charge in [-0.05, 0) is 42.7 Å². The monoisotopic (exact) mass is 347 g/mol. The van der Waals surface area contributed by atoms with Gasteiger partial charge in [-0.2, -0.15) is 0 Å². The fraction of sp³-hybridized carbons (Fsp3) is 0.190. The summed E-state index contributed by atoms with van der Waals surface area (Å²) in [5.74, 6) is -0.157. The average molecular weight is 347 g/mol. The highest BCUT2D eigenvalue weighted by atomic mass is 16.2. The Hall–Kier alpha value is -3.21. The minimum atomic E-state index is -0.200. The standard InChI is InChI=1S/C21H21N3O2/c25-20(13-6-11-18-10-4-5-14-22-18)23-19-12-7-15-24(21(19)26)16-17-8-2-1-3-9-17/h1-5,7-10,12,14-15H,6,11,13,16H2,(H,23,25). The summed E-state index contributed by atoms with van der Waals surface area (Å²) in [5, 5.41) is 2.73. The molecule has 1 aromatic carbocycles. The molecule has 2 aromatic heterocycles. The van der Waals surface area contributed by atoms with Gasteiger partial charge in [-0.15, -0.1) is 0 Å². The number of benzene rings is 1. The quantitative estimate of drug-likeness (QED) is 0.713. The fourth-order valence-electron chi connectivity index (χ4n) is 2.73. The number of nitrogens with zero attached hydrogens (tertiary/aromatic N) is 2. The largest absolute Gasteiger partial charge is 0.321 e. The van der Waals surface area contributed by atoms with Crippen molar-refractivity contribution in [2.75, 3.05) is 5.32 Å². The maximum absolute atomic E-state index is 12.5. The minimum Gasteiger partial charge on any atom is -0.321 e. The molecule has 0 spiro atoms. The summed E-state index contributed by atoms with van der Waals surface area (Å²) in [6.45, 7) is 0.475. The minimum absolute atomic E-state index is 0.157. The first-order chi connectivity index (χ1) is 12.7. The van der Waals surface area contributed by atoms with Crippen LogP contribution in [0.5, 0.6) is 0 Å². The Balaban J connectivity index is 1.58. The topological polar surface area (TPSA) is 64.0 Å². The summed E-state index contributed by atoms with van der Waals surface area (Å²) in [6.07, 6.45) is 5.25. The number of hydrogen-bond acceptors (Lipinski definition) is 3. The lowest BCUT2D eigenvalue weighted by atomic mass is 10.1. The number of aromatic nitrogens is 2. The molecule has 3 rings (SSSR count). The summed E-state index contributed by atoms with van der Waals surface area (Å²) < 4.78 is 1.60. The molecule has 0 aliphatic carbocycles. The van der Waals surface area contributed by atoms with Gasteiger partial charge in [-0.1, -0.05) is 36.4 Å². The number of nitrogens with one attached hydrogen (secondary N) is 1. The van der Waals surface area contributed by atoms with Crippen LogP contribution >= 0.6 is 0 Å². The van der Waals surface area contributed by atoms with Crippen LogP contribution in [0.1, 0.15) is 24.1 Å². The van der Waals surface area contributed by atoms with Gasteiger partial charge in [0.25, 0.3) is 5.56 Å². The molecule has 0 unspecified atom stereocenters. The number of anilines is 1. The molecule has 2 heterocycles. The van der Waals surface area contributed by atoms with Crippen LogP contribution in [0.4, 0.5) is 5.69 Å². The number of carbonyl (C=O) groups excluding carboxylic acids is 1. The summed E-state index contributed by atoms with van der Waals surface area (Å²) >= 11 is 0. The van der Waals surface area contributed by atoms with E-state index in [2.05, 4.69) is 10.3 Å². The van der Waals surface area contributed by atoms with Crippen molar-refractivity contribution in [3.63, 3.8) is 0 Å². The summed E-state index contributed by atoms with van der Waals surface area (Å²) in [6, 6.07) is 18.9. The van der Waals surface area contributed by atoms with E-state index in [0.29, 0.717) is 25.1 Å². The molecule has 0 saturated carbocycles. The number of aryl methyl sites for hydroxylation is 1. The molecule has 0 fully saturated rings. The normalized spacial score (nSPS) is 10.5. The lowest BCUT2D eigenvalue weighted by Gasteiger charge is -2.09. The average Bonchev–Trinajstić information content (AvgIpc) is 2.67. The van der Waals surface area contributed by atoms with Crippen LogP contribution in [0.15, 0.2) is 77.9 Å². The molecule has 5 heteroatoms. The molecular weight excluding hydrogens is 326 g/mol. The SMILES string of the molecule is O=C(CCCc1ccccn1)Nc1cccn(Cc2ccccc2)c1=O. The molecule has 0 aliphatic heterocycles. The van der Waals surface area contributed by atoms with E-state index in [-0.39, 0.29) is 11.5 Å². The Labute approximate surface area is 152 Å². The summed E-state index contributed by atoms with van der Waals surface area (Å²) in [7, 11) is 0. The molecule has 3 aromatic rings. The molecule has 0 saturated heterocycles. The number of hydrogen-bond donors (Lipinski definition) is 1. The lowest BCUT2D eigenvalue weighted by molar-refractivity contribution is -0.116. The van der Waals surface area contributed by atoms with Crippen LogP contribution in [0, 0.1) is 0 Å². The van der Waals surface area contributed by atoms with Crippen molar-refractivity contribution in [1.29, 1.82) is 0 Å². The van der Waals surface area contributed by atoms with Crippen LogP contribution in [0.25, 0.3) is 0 Å². The Morgan fingerprint density at radius 1 is 1.00 bits per heavy atom. The van der Waals surface area contributed by atoms with Crippen molar-refractivity contribution >= 4 is 11.6 Å². The van der Waals surface area contributed by atoms with Gasteiger partial charge in [0.05, 0.1) is 6.54 Å². The van der Waals surface area contributed by atoms with Crippen molar-refractivity contribution in [2.24, 2.45) is 0 Å². The number of pyridine rings is 2. The van der Waals surface area contributed by atoms with Crippen molar-refractivity contribution in [2.45, 2.75) is 25.8 Å². The number of carbonyl (C=O) groups is 1. The summed E-state index contributed by atoms with van der Waals surface area (Å²) in [4.78, 5) is 28.9. The maximum Gasteiger partial charge on any atom is 0.274 e. The second-order valence-corrected chi connectivity index (χ2v) is 6.06. The molecule has 1 amide bonds. The van der Waals surface area contributed by atoms with Crippen LogP contribution in [-0.2, 0) is 17.8 Å². The van der Waals surface area contributed by atoms with Crippen LogP contribution in [-0.4, -0.2) is 15.5 Å². The molecule has 132 valence electrons. The van der Waals surface area contributed by atoms with Crippen LogP contribution < -0.4 is 10.9 Å². The first-order valence-corrected chi connectivity index (χ1v) is 8.65.